The van der Waals surface area contributed by atoms with E-state index in [0.29, 0.717) is 11.3 Å². The lowest BCUT2D eigenvalue weighted by molar-refractivity contribution is -0.384. The van der Waals surface area contributed by atoms with E-state index in [9.17, 15) is 24.5 Å². The van der Waals surface area contributed by atoms with E-state index in [2.05, 4.69) is 4.98 Å². The summed E-state index contributed by atoms with van der Waals surface area (Å²) in [4.78, 5) is 49.5. The molecule has 10 heteroatoms. The fourth-order valence-corrected chi connectivity index (χ4v) is 2.80. The molecule has 0 aliphatic carbocycles. The molecule has 1 heterocycles. The van der Waals surface area contributed by atoms with E-state index < -0.39 is 29.3 Å². The first-order chi connectivity index (χ1) is 13.2. The molecular formula is C18H17ClN2O7. The number of H-pyrrole nitrogens is 1. The van der Waals surface area contributed by atoms with Crippen molar-refractivity contribution in [1.29, 1.82) is 0 Å². The third kappa shape index (κ3) is 4.37. The Hall–Kier alpha value is -3.20. The summed E-state index contributed by atoms with van der Waals surface area (Å²) < 4.78 is 9.90. The van der Waals surface area contributed by atoms with Crippen LogP contribution in [0.25, 0.3) is 0 Å². The summed E-state index contributed by atoms with van der Waals surface area (Å²) in [7, 11) is 0. The number of esters is 2. The number of aromatic nitrogens is 1. The van der Waals surface area contributed by atoms with Crippen molar-refractivity contribution in [3.8, 4) is 0 Å². The first kappa shape index (κ1) is 21.1. The molecule has 0 fully saturated rings. The van der Waals surface area contributed by atoms with Gasteiger partial charge < -0.3 is 14.5 Å². The number of non-ortho nitro benzene ring substituents is 1. The van der Waals surface area contributed by atoms with E-state index >= 15 is 0 Å². The molecular weight excluding hydrogens is 392 g/mol. The van der Waals surface area contributed by atoms with Gasteiger partial charge in [-0.2, -0.15) is 0 Å². The third-order valence-corrected chi connectivity index (χ3v) is 4.24. The van der Waals surface area contributed by atoms with Gasteiger partial charge in [0.25, 0.3) is 5.69 Å². The normalized spacial score (nSPS) is 10.4. The zero-order valence-corrected chi connectivity index (χ0v) is 16.1. The molecule has 0 bridgehead atoms. The number of rotatable bonds is 7. The lowest BCUT2D eigenvalue weighted by Gasteiger charge is -2.06. The van der Waals surface area contributed by atoms with Crippen molar-refractivity contribution < 1.29 is 28.8 Å². The number of carbonyl (C=O) groups excluding carboxylic acids is 3. The number of Topliss-reactive ketones (excluding diaryl/α,β-unsaturated/α-hetero) is 1. The molecule has 0 saturated heterocycles. The summed E-state index contributed by atoms with van der Waals surface area (Å²) in [5.41, 5.74) is 0.627. The third-order valence-electron chi connectivity index (χ3n) is 3.91. The Morgan fingerprint density at radius 2 is 1.86 bits per heavy atom. The lowest BCUT2D eigenvalue weighted by atomic mass is 10.1. The summed E-state index contributed by atoms with van der Waals surface area (Å²) in [6, 6.07) is 3.31. The molecule has 1 aromatic carbocycles. The maximum atomic E-state index is 12.4. The van der Waals surface area contributed by atoms with Crippen LogP contribution in [0.2, 0.25) is 5.02 Å². The predicted octanol–water partition coefficient (Wildman–Crippen LogP) is 3.41. The van der Waals surface area contributed by atoms with Crippen molar-refractivity contribution in [2.24, 2.45) is 0 Å². The molecule has 1 N–H and O–H groups in total. The number of ketones is 1. The van der Waals surface area contributed by atoms with Gasteiger partial charge in [0.15, 0.2) is 6.61 Å². The van der Waals surface area contributed by atoms with Gasteiger partial charge in [-0.1, -0.05) is 11.6 Å². The Balaban J connectivity index is 2.16. The number of hydrogen-bond acceptors (Lipinski definition) is 7. The molecule has 0 aliphatic rings. The predicted molar refractivity (Wildman–Crippen MR) is 98.9 cm³/mol. The Kier molecular flexibility index (Phi) is 6.53. The van der Waals surface area contributed by atoms with Gasteiger partial charge >= 0.3 is 11.9 Å². The van der Waals surface area contributed by atoms with E-state index in [1.165, 1.54) is 6.07 Å². The fraction of sp³-hybridized carbons (Fsp3) is 0.278. The van der Waals surface area contributed by atoms with Crippen LogP contribution in [0, 0.1) is 24.0 Å². The molecule has 1 aromatic heterocycles. The van der Waals surface area contributed by atoms with Crippen LogP contribution >= 0.6 is 11.6 Å². The Bertz CT molecular complexity index is 965. The summed E-state index contributed by atoms with van der Waals surface area (Å²) in [5, 5.41) is 10.8. The van der Waals surface area contributed by atoms with Gasteiger partial charge in [0.05, 0.1) is 33.4 Å². The van der Waals surface area contributed by atoms with E-state index in [1.54, 1.807) is 20.8 Å². The average molecular weight is 409 g/mol. The molecule has 148 valence electrons. The minimum absolute atomic E-state index is 0.0421. The molecule has 2 aromatic rings. The molecule has 0 aliphatic heterocycles. The maximum absolute atomic E-state index is 12.4. The van der Waals surface area contributed by atoms with Crippen LogP contribution in [-0.4, -0.2) is 40.8 Å². The van der Waals surface area contributed by atoms with Crippen LogP contribution in [0.15, 0.2) is 18.2 Å². The second-order valence-corrected chi connectivity index (χ2v) is 6.17. The average Bonchev–Trinajstić information content (AvgIpc) is 2.94. The van der Waals surface area contributed by atoms with Crippen molar-refractivity contribution in [2.75, 3.05) is 13.2 Å². The standard InChI is InChI=1S/C18H17ClN2O7/c1-4-27-18(24)15-9(2)16(20-10(15)3)14(22)8-28-17(23)12-7-11(21(25)26)5-6-13(12)19/h5-7,20H,4,8H2,1-3H3. The number of aromatic amines is 1. The zero-order chi connectivity index (χ0) is 21.0. The first-order valence-corrected chi connectivity index (χ1v) is 8.55. The van der Waals surface area contributed by atoms with Gasteiger partial charge in [-0.3, -0.25) is 14.9 Å². The van der Waals surface area contributed by atoms with Crippen molar-refractivity contribution in [3.63, 3.8) is 0 Å². The maximum Gasteiger partial charge on any atom is 0.340 e. The number of hydrogen-bond donors (Lipinski definition) is 1. The molecule has 0 unspecified atom stereocenters. The Morgan fingerprint density at radius 3 is 2.46 bits per heavy atom. The number of halogens is 1. The van der Waals surface area contributed by atoms with Gasteiger partial charge in [-0.05, 0) is 32.4 Å². The highest BCUT2D eigenvalue weighted by Gasteiger charge is 2.24. The number of ether oxygens (including phenoxy) is 2. The van der Waals surface area contributed by atoms with Crippen molar-refractivity contribution in [3.05, 3.63) is 61.4 Å². The van der Waals surface area contributed by atoms with Gasteiger partial charge in [-0.25, -0.2) is 9.59 Å². The van der Waals surface area contributed by atoms with Gasteiger partial charge in [0, 0.05) is 17.8 Å². The summed E-state index contributed by atoms with van der Waals surface area (Å²) >= 11 is 5.88. The summed E-state index contributed by atoms with van der Waals surface area (Å²) in [5.74, 6) is -2.12. The van der Waals surface area contributed by atoms with Crippen molar-refractivity contribution >= 4 is 35.0 Å². The molecule has 28 heavy (non-hydrogen) atoms. The first-order valence-electron chi connectivity index (χ1n) is 8.17. The van der Waals surface area contributed by atoms with Gasteiger partial charge in [0.2, 0.25) is 5.78 Å². The van der Waals surface area contributed by atoms with E-state index in [0.717, 1.165) is 12.1 Å². The number of nitrogens with one attached hydrogen (secondary N) is 1. The Morgan fingerprint density at radius 1 is 1.18 bits per heavy atom. The van der Waals surface area contributed by atoms with Crippen molar-refractivity contribution in [2.45, 2.75) is 20.8 Å². The number of carbonyl (C=O) groups is 3. The minimum Gasteiger partial charge on any atom is -0.462 e. The SMILES string of the molecule is CCOC(=O)c1c(C)[nH]c(C(=O)COC(=O)c2cc([N+](=O)[O-])ccc2Cl)c1C. The van der Waals surface area contributed by atoms with E-state index in [1.807, 2.05) is 0 Å². The monoisotopic (exact) mass is 408 g/mol. The molecule has 9 nitrogen and oxygen atoms in total. The topological polar surface area (TPSA) is 129 Å². The summed E-state index contributed by atoms with van der Waals surface area (Å²) in [6.45, 7) is 4.40. The number of benzene rings is 1. The Labute approximate surface area is 164 Å². The highest BCUT2D eigenvalue weighted by molar-refractivity contribution is 6.33. The molecule has 0 saturated carbocycles. The number of nitrogens with zero attached hydrogens (tertiary/aromatic N) is 1. The number of aryl methyl sites for hydroxylation is 1. The van der Waals surface area contributed by atoms with Gasteiger partial charge in [-0.15, -0.1) is 0 Å². The van der Waals surface area contributed by atoms with Crippen LogP contribution in [0.1, 0.15) is 49.4 Å². The smallest absolute Gasteiger partial charge is 0.340 e. The molecule has 2 rings (SSSR count). The molecule has 0 spiro atoms. The second kappa shape index (κ2) is 8.66. The van der Waals surface area contributed by atoms with Crippen LogP contribution in [0.3, 0.4) is 0 Å². The summed E-state index contributed by atoms with van der Waals surface area (Å²) in [6.07, 6.45) is 0. The van der Waals surface area contributed by atoms with Crippen LogP contribution < -0.4 is 0 Å². The molecule has 0 amide bonds. The largest absolute Gasteiger partial charge is 0.462 e. The van der Waals surface area contributed by atoms with E-state index in [-0.39, 0.29) is 34.1 Å². The highest BCUT2D eigenvalue weighted by Crippen LogP contribution is 2.23. The fourth-order valence-electron chi connectivity index (χ4n) is 2.60. The van der Waals surface area contributed by atoms with Crippen LogP contribution in [0.5, 0.6) is 0 Å². The van der Waals surface area contributed by atoms with E-state index in [4.69, 9.17) is 21.1 Å². The second-order valence-electron chi connectivity index (χ2n) is 5.77. The van der Waals surface area contributed by atoms with Gasteiger partial charge in [0.1, 0.15) is 0 Å². The quantitative estimate of drug-likeness (QED) is 0.321. The van der Waals surface area contributed by atoms with Crippen molar-refractivity contribution in [1.82, 2.24) is 4.98 Å². The minimum atomic E-state index is -0.978. The van der Waals surface area contributed by atoms with Crippen LogP contribution in [-0.2, 0) is 9.47 Å². The number of nitro groups is 1. The molecule has 0 atom stereocenters. The molecule has 0 radical (unpaired) electrons. The zero-order valence-electron chi connectivity index (χ0n) is 15.3. The lowest BCUT2D eigenvalue weighted by Crippen LogP contribution is -2.16. The highest BCUT2D eigenvalue weighted by atomic mass is 35.5. The number of nitro benzene ring substituents is 1. The van der Waals surface area contributed by atoms with Crippen LogP contribution in [0.4, 0.5) is 5.69 Å².